The Morgan fingerprint density at radius 1 is 1.00 bits per heavy atom. The van der Waals surface area contributed by atoms with Crippen molar-refractivity contribution in [2.75, 3.05) is 11.1 Å². The molecule has 2 aromatic carbocycles. The highest BCUT2D eigenvalue weighted by Gasteiger charge is 2.13. The van der Waals surface area contributed by atoms with E-state index in [0.29, 0.717) is 50.3 Å². The summed E-state index contributed by atoms with van der Waals surface area (Å²) in [7, 11) is 0. The summed E-state index contributed by atoms with van der Waals surface area (Å²) in [5.74, 6) is 1.97. The van der Waals surface area contributed by atoms with Crippen LogP contribution in [-0.4, -0.2) is 21.9 Å². The Balaban J connectivity index is 1.34. The number of anilines is 1. The van der Waals surface area contributed by atoms with Gasteiger partial charge in [-0.25, -0.2) is 0 Å². The van der Waals surface area contributed by atoms with Crippen molar-refractivity contribution in [3.8, 4) is 23.1 Å². The van der Waals surface area contributed by atoms with Crippen molar-refractivity contribution in [3.05, 3.63) is 76.5 Å². The maximum Gasteiger partial charge on any atom is 0.283 e. The molecular weight excluding hydrogens is 445 g/mol. The molecule has 30 heavy (non-hydrogen) atoms. The van der Waals surface area contributed by atoms with Crippen LogP contribution < -0.4 is 5.32 Å². The van der Waals surface area contributed by atoms with Gasteiger partial charge in [0, 0.05) is 17.0 Å². The second-order valence-electron chi connectivity index (χ2n) is 6.26. The van der Waals surface area contributed by atoms with Crippen molar-refractivity contribution >= 4 is 46.6 Å². The maximum atomic E-state index is 12.3. The Labute approximate surface area is 186 Å². The fraction of sp³-hybridized carbons (Fsp3) is 0.0952. The Kier molecular flexibility index (Phi) is 6.42. The first-order chi connectivity index (χ1) is 14.6. The minimum Gasteiger partial charge on any atom is -0.459 e. The number of carbonyl (C=O) groups excluding carboxylic acids is 1. The van der Waals surface area contributed by atoms with Crippen molar-refractivity contribution < 1.29 is 13.6 Å². The second kappa shape index (κ2) is 9.38. The number of aromatic nitrogens is 2. The summed E-state index contributed by atoms with van der Waals surface area (Å²) < 4.78 is 10.9. The van der Waals surface area contributed by atoms with Gasteiger partial charge < -0.3 is 14.2 Å². The average Bonchev–Trinajstić information content (AvgIpc) is 3.42. The topological polar surface area (TPSA) is 81.2 Å². The molecule has 0 aliphatic rings. The van der Waals surface area contributed by atoms with Gasteiger partial charge in [-0.15, -0.1) is 22.0 Å². The fourth-order valence-electron chi connectivity index (χ4n) is 2.66. The van der Waals surface area contributed by atoms with Gasteiger partial charge in [0.2, 0.25) is 11.8 Å². The normalized spacial score (nSPS) is 10.9. The lowest BCUT2D eigenvalue weighted by Crippen LogP contribution is -2.14. The van der Waals surface area contributed by atoms with Crippen LogP contribution in [0.4, 0.5) is 5.69 Å². The molecule has 1 N–H and O–H groups in total. The number of thioether (sulfide) groups is 1. The molecule has 0 aliphatic carbocycles. The van der Waals surface area contributed by atoms with E-state index in [1.54, 1.807) is 36.4 Å². The maximum absolute atomic E-state index is 12.3. The zero-order chi connectivity index (χ0) is 20.9. The monoisotopic (exact) mass is 459 g/mol. The number of nitrogens with one attached hydrogen (secondary N) is 1. The molecule has 1 amide bonds. The van der Waals surface area contributed by atoms with Crippen molar-refractivity contribution in [1.29, 1.82) is 0 Å². The van der Waals surface area contributed by atoms with Gasteiger partial charge in [0.15, 0.2) is 5.76 Å². The third kappa shape index (κ3) is 5.05. The van der Waals surface area contributed by atoms with E-state index in [0.717, 1.165) is 5.56 Å². The number of halogens is 2. The highest BCUT2D eigenvalue weighted by molar-refractivity contribution is 7.99. The fourth-order valence-corrected chi connectivity index (χ4v) is 3.75. The Hall–Kier alpha value is -2.74. The van der Waals surface area contributed by atoms with Crippen LogP contribution in [0.25, 0.3) is 23.1 Å². The standard InChI is InChI=1S/C21H15Cl2N3O3S/c22-16-7-6-13(9-17(16)23)11-30-12-19(27)24-15-4-1-3-14(10-15)20-25-26-21(29-20)18-5-2-8-28-18/h1-10H,11-12H2,(H,24,27). The quantitative estimate of drug-likeness (QED) is 0.355. The van der Waals surface area contributed by atoms with E-state index < -0.39 is 0 Å². The molecule has 0 saturated carbocycles. The predicted molar refractivity (Wildman–Crippen MR) is 119 cm³/mol. The molecule has 9 heteroatoms. The van der Waals surface area contributed by atoms with E-state index in [9.17, 15) is 4.79 Å². The lowest BCUT2D eigenvalue weighted by atomic mass is 10.2. The smallest absolute Gasteiger partial charge is 0.283 e. The summed E-state index contributed by atoms with van der Waals surface area (Å²) in [4.78, 5) is 12.3. The molecule has 0 unspecified atom stereocenters. The number of furan rings is 1. The lowest BCUT2D eigenvalue weighted by Gasteiger charge is -2.07. The Morgan fingerprint density at radius 3 is 2.67 bits per heavy atom. The average molecular weight is 460 g/mol. The molecule has 0 bridgehead atoms. The molecule has 4 rings (SSSR count). The summed E-state index contributed by atoms with van der Waals surface area (Å²) in [5.41, 5.74) is 2.35. The van der Waals surface area contributed by atoms with E-state index >= 15 is 0 Å². The summed E-state index contributed by atoms with van der Waals surface area (Å²) in [5, 5.41) is 11.9. The predicted octanol–water partition coefficient (Wildman–Crippen LogP) is 6.18. The minimum absolute atomic E-state index is 0.112. The first kappa shape index (κ1) is 20.5. The largest absolute Gasteiger partial charge is 0.459 e. The Morgan fingerprint density at radius 2 is 1.87 bits per heavy atom. The molecule has 0 radical (unpaired) electrons. The van der Waals surface area contributed by atoms with Gasteiger partial charge in [0.1, 0.15) is 0 Å². The minimum atomic E-state index is -0.112. The third-order valence-electron chi connectivity index (χ3n) is 4.04. The van der Waals surface area contributed by atoms with E-state index in [-0.39, 0.29) is 5.91 Å². The van der Waals surface area contributed by atoms with Crippen LogP contribution in [-0.2, 0) is 10.5 Å². The van der Waals surface area contributed by atoms with E-state index in [1.807, 2.05) is 18.2 Å². The summed E-state index contributed by atoms with van der Waals surface area (Å²) in [6.45, 7) is 0. The van der Waals surface area contributed by atoms with Gasteiger partial charge in [-0.05, 0) is 48.0 Å². The molecule has 0 fully saturated rings. The molecule has 6 nitrogen and oxygen atoms in total. The van der Waals surface area contributed by atoms with Crippen LogP contribution >= 0.6 is 35.0 Å². The van der Waals surface area contributed by atoms with Crippen LogP contribution in [0, 0.1) is 0 Å². The molecule has 0 spiro atoms. The number of amides is 1. The number of nitrogens with zero attached hydrogens (tertiary/aromatic N) is 2. The van der Waals surface area contributed by atoms with Crippen LogP contribution in [0.3, 0.4) is 0 Å². The first-order valence-corrected chi connectivity index (χ1v) is 10.8. The first-order valence-electron chi connectivity index (χ1n) is 8.88. The summed E-state index contributed by atoms with van der Waals surface area (Å²) >= 11 is 13.4. The van der Waals surface area contributed by atoms with Crippen molar-refractivity contribution in [2.45, 2.75) is 5.75 Å². The highest BCUT2D eigenvalue weighted by Crippen LogP contribution is 2.27. The van der Waals surface area contributed by atoms with Crippen LogP contribution in [0.15, 0.2) is 69.7 Å². The highest BCUT2D eigenvalue weighted by atomic mass is 35.5. The van der Waals surface area contributed by atoms with E-state index in [2.05, 4.69) is 15.5 Å². The Bertz CT molecular complexity index is 1160. The van der Waals surface area contributed by atoms with Crippen molar-refractivity contribution in [2.24, 2.45) is 0 Å². The molecule has 0 saturated heterocycles. The SMILES string of the molecule is O=C(CSCc1ccc(Cl)c(Cl)c1)Nc1cccc(-c2nnc(-c3ccco3)o2)c1. The number of benzene rings is 2. The summed E-state index contributed by atoms with van der Waals surface area (Å²) in [6, 6.07) is 16.1. The van der Waals surface area contributed by atoms with Gasteiger partial charge in [0.25, 0.3) is 5.89 Å². The van der Waals surface area contributed by atoms with E-state index in [4.69, 9.17) is 32.0 Å². The number of rotatable bonds is 7. The van der Waals surface area contributed by atoms with Crippen molar-refractivity contribution in [3.63, 3.8) is 0 Å². The molecule has 0 atom stereocenters. The molecule has 152 valence electrons. The zero-order valence-corrected chi connectivity index (χ0v) is 17.8. The summed E-state index contributed by atoms with van der Waals surface area (Å²) in [6.07, 6.45) is 1.54. The van der Waals surface area contributed by atoms with Crippen LogP contribution in [0.1, 0.15) is 5.56 Å². The van der Waals surface area contributed by atoms with E-state index in [1.165, 1.54) is 18.0 Å². The van der Waals surface area contributed by atoms with Gasteiger partial charge in [0.05, 0.1) is 22.1 Å². The molecule has 2 aromatic heterocycles. The van der Waals surface area contributed by atoms with Gasteiger partial charge in [-0.2, -0.15) is 0 Å². The van der Waals surface area contributed by atoms with Gasteiger partial charge >= 0.3 is 0 Å². The molecule has 0 aliphatic heterocycles. The molecule has 4 aromatic rings. The second-order valence-corrected chi connectivity index (χ2v) is 8.06. The zero-order valence-electron chi connectivity index (χ0n) is 15.5. The third-order valence-corrected chi connectivity index (χ3v) is 5.78. The van der Waals surface area contributed by atoms with Gasteiger partial charge in [-0.3, -0.25) is 4.79 Å². The lowest BCUT2D eigenvalue weighted by molar-refractivity contribution is -0.113. The number of carbonyl (C=O) groups is 1. The molecular formula is C21H15Cl2N3O3S. The van der Waals surface area contributed by atoms with Crippen molar-refractivity contribution in [1.82, 2.24) is 10.2 Å². The van der Waals surface area contributed by atoms with Gasteiger partial charge in [-0.1, -0.05) is 35.3 Å². The number of hydrogen-bond acceptors (Lipinski definition) is 6. The van der Waals surface area contributed by atoms with Crippen LogP contribution in [0.2, 0.25) is 10.0 Å². The van der Waals surface area contributed by atoms with Crippen LogP contribution in [0.5, 0.6) is 0 Å². The number of hydrogen-bond donors (Lipinski definition) is 1. The molecule has 2 heterocycles.